The van der Waals surface area contributed by atoms with Gasteiger partial charge in [-0.3, -0.25) is 4.79 Å². The molecule has 0 spiro atoms. The molecule has 0 aliphatic rings. The monoisotopic (exact) mass is 327 g/mol. The normalized spacial score (nSPS) is 11.2. The molecule has 22 heavy (non-hydrogen) atoms. The SMILES string of the molecule is Nc1ccc(SCC(=O)Nc2cccc(C(F)(F)F)c2)cn1. The van der Waals surface area contributed by atoms with Crippen LogP contribution >= 0.6 is 11.8 Å². The van der Waals surface area contributed by atoms with Gasteiger partial charge in [0.15, 0.2) is 0 Å². The third-order valence-electron chi connectivity index (χ3n) is 2.60. The van der Waals surface area contributed by atoms with Crippen molar-refractivity contribution in [1.29, 1.82) is 0 Å². The fourth-order valence-electron chi connectivity index (χ4n) is 1.60. The number of nitrogen functional groups attached to an aromatic ring is 1. The van der Waals surface area contributed by atoms with Gasteiger partial charge < -0.3 is 11.1 Å². The van der Waals surface area contributed by atoms with Gasteiger partial charge in [-0.1, -0.05) is 6.07 Å². The van der Waals surface area contributed by atoms with Crippen LogP contribution in [0, 0.1) is 0 Å². The van der Waals surface area contributed by atoms with Crippen molar-refractivity contribution in [3.63, 3.8) is 0 Å². The van der Waals surface area contributed by atoms with Crippen LogP contribution in [0.25, 0.3) is 0 Å². The van der Waals surface area contributed by atoms with E-state index in [2.05, 4.69) is 10.3 Å². The first-order chi connectivity index (χ1) is 10.3. The van der Waals surface area contributed by atoms with Crippen molar-refractivity contribution in [3.05, 3.63) is 48.2 Å². The number of hydrogen-bond donors (Lipinski definition) is 2. The highest BCUT2D eigenvalue weighted by molar-refractivity contribution is 8.00. The number of rotatable bonds is 4. The largest absolute Gasteiger partial charge is 0.416 e. The van der Waals surface area contributed by atoms with Crippen LogP contribution in [0.1, 0.15) is 5.56 Å². The zero-order valence-electron chi connectivity index (χ0n) is 11.2. The molecule has 0 aliphatic heterocycles. The van der Waals surface area contributed by atoms with Crippen LogP contribution in [0.3, 0.4) is 0 Å². The minimum Gasteiger partial charge on any atom is -0.384 e. The lowest BCUT2D eigenvalue weighted by atomic mass is 10.2. The first-order valence-corrected chi connectivity index (χ1v) is 7.14. The van der Waals surface area contributed by atoms with E-state index in [1.807, 2.05) is 0 Å². The summed E-state index contributed by atoms with van der Waals surface area (Å²) in [4.78, 5) is 16.4. The molecular formula is C14H12F3N3OS. The highest BCUT2D eigenvalue weighted by Gasteiger charge is 2.30. The highest BCUT2D eigenvalue weighted by Crippen LogP contribution is 2.30. The fraction of sp³-hybridized carbons (Fsp3) is 0.143. The van der Waals surface area contributed by atoms with Crippen molar-refractivity contribution < 1.29 is 18.0 Å². The van der Waals surface area contributed by atoms with E-state index in [0.29, 0.717) is 5.82 Å². The molecular weight excluding hydrogens is 315 g/mol. The molecule has 1 aromatic carbocycles. The summed E-state index contributed by atoms with van der Waals surface area (Å²) in [5.41, 5.74) is 4.74. The summed E-state index contributed by atoms with van der Waals surface area (Å²) in [6, 6.07) is 7.81. The van der Waals surface area contributed by atoms with E-state index in [0.717, 1.165) is 17.0 Å². The van der Waals surface area contributed by atoms with Crippen LogP contribution in [-0.4, -0.2) is 16.6 Å². The molecule has 2 rings (SSSR count). The molecule has 3 N–H and O–H groups in total. The summed E-state index contributed by atoms with van der Waals surface area (Å²) in [5, 5.41) is 2.43. The number of amides is 1. The zero-order valence-corrected chi connectivity index (χ0v) is 12.0. The number of anilines is 2. The predicted octanol–water partition coefficient (Wildman–Crippen LogP) is 3.41. The average molecular weight is 327 g/mol. The lowest BCUT2D eigenvalue weighted by Crippen LogP contribution is -2.15. The molecule has 8 heteroatoms. The Kier molecular flexibility index (Phi) is 4.92. The summed E-state index contributed by atoms with van der Waals surface area (Å²) < 4.78 is 37.7. The maximum Gasteiger partial charge on any atom is 0.416 e. The maximum atomic E-state index is 12.6. The van der Waals surface area contributed by atoms with Crippen molar-refractivity contribution in [2.24, 2.45) is 0 Å². The summed E-state index contributed by atoms with van der Waals surface area (Å²) >= 11 is 1.21. The first-order valence-electron chi connectivity index (χ1n) is 6.16. The Hall–Kier alpha value is -2.22. The van der Waals surface area contributed by atoms with Crippen LogP contribution < -0.4 is 11.1 Å². The van der Waals surface area contributed by atoms with Crippen molar-refractivity contribution in [3.8, 4) is 0 Å². The lowest BCUT2D eigenvalue weighted by molar-refractivity contribution is -0.137. The van der Waals surface area contributed by atoms with Crippen molar-refractivity contribution in [2.75, 3.05) is 16.8 Å². The van der Waals surface area contributed by atoms with Gasteiger partial charge in [-0.05, 0) is 30.3 Å². The molecule has 0 unspecified atom stereocenters. The molecule has 0 fully saturated rings. The van der Waals surface area contributed by atoms with Gasteiger partial charge in [0, 0.05) is 16.8 Å². The molecule has 0 aliphatic carbocycles. The third kappa shape index (κ3) is 4.66. The quantitative estimate of drug-likeness (QED) is 0.845. The van der Waals surface area contributed by atoms with Gasteiger partial charge in [0.1, 0.15) is 5.82 Å². The van der Waals surface area contributed by atoms with Crippen molar-refractivity contribution in [2.45, 2.75) is 11.1 Å². The average Bonchev–Trinajstić information content (AvgIpc) is 2.46. The molecule has 1 amide bonds. The number of carbonyl (C=O) groups excluding carboxylic acids is 1. The summed E-state index contributed by atoms with van der Waals surface area (Å²) in [7, 11) is 0. The number of nitrogens with zero attached hydrogens (tertiary/aromatic N) is 1. The van der Waals surface area contributed by atoms with E-state index < -0.39 is 17.6 Å². The Balaban J connectivity index is 1.93. The Bertz CT molecular complexity index is 659. The van der Waals surface area contributed by atoms with Crippen LogP contribution in [0.15, 0.2) is 47.5 Å². The molecule has 116 valence electrons. The lowest BCUT2D eigenvalue weighted by Gasteiger charge is -2.09. The summed E-state index contributed by atoms with van der Waals surface area (Å²) in [5.74, 6) is 0.0286. The Morgan fingerprint density at radius 2 is 2.05 bits per heavy atom. The topological polar surface area (TPSA) is 68.0 Å². The van der Waals surface area contributed by atoms with Crippen molar-refractivity contribution in [1.82, 2.24) is 4.98 Å². The van der Waals surface area contributed by atoms with Gasteiger partial charge in [-0.2, -0.15) is 13.2 Å². The second-order valence-corrected chi connectivity index (χ2v) is 5.38. The summed E-state index contributed by atoms with van der Waals surface area (Å²) in [6.07, 6.45) is -2.91. The number of aromatic nitrogens is 1. The number of hydrogen-bond acceptors (Lipinski definition) is 4. The van der Waals surface area contributed by atoms with Crippen molar-refractivity contribution >= 4 is 29.2 Å². The third-order valence-corrected chi connectivity index (χ3v) is 3.58. The van der Waals surface area contributed by atoms with Gasteiger partial charge in [0.25, 0.3) is 0 Å². The second kappa shape index (κ2) is 6.69. The van der Waals surface area contributed by atoms with Gasteiger partial charge in [-0.25, -0.2) is 4.98 Å². The van der Waals surface area contributed by atoms with E-state index in [1.165, 1.54) is 30.1 Å². The number of alkyl halides is 3. The second-order valence-electron chi connectivity index (χ2n) is 4.33. The van der Waals surface area contributed by atoms with Gasteiger partial charge in [0.2, 0.25) is 5.91 Å². The van der Waals surface area contributed by atoms with E-state index in [4.69, 9.17) is 5.73 Å². The van der Waals surface area contributed by atoms with Gasteiger partial charge in [0.05, 0.1) is 11.3 Å². The number of thioether (sulfide) groups is 1. The molecule has 0 atom stereocenters. The van der Waals surface area contributed by atoms with E-state index in [1.54, 1.807) is 12.1 Å². The van der Waals surface area contributed by atoms with E-state index >= 15 is 0 Å². The highest BCUT2D eigenvalue weighted by atomic mass is 32.2. The van der Waals surface area contributed by atoms with Crippen LogP contribution in [0.5, 0.6) is 0 Å². The van der Waals surface area contributed by atoms with Crippen LogP contribution in [-0.2, 0) is 11.0 Å². The van der Waals surface area contributed by atoms with Crippen LogP contribution in [0.2, 0.25) is 0 Å². The number of carbonyl (C=O) groups is 1. The number of benzene rings is 1. The first kappa shape index (κ1) is 16.2. The van der Waals surface area contributed by atoms with Gasteiger partial charge in [-0.15, -0.1) is 11.8 Å². The molecule has 0 saturated heterocycles. The predicted molar refractivity (Wildman–Crippen MR) is 79.4 cm³/mol. The number of nitrogens with two attached hydrogens (primary N) is 1. The molecule has 2 aromatic rings. The molecule has 1 heterocycles. The number of halogens is 3. The van der Waals surface area contributed by atoms with E-state index in [9.17, 15) is 18.0 Å². The minimum atomic E-state index is -4.44. The Morgan fingerprint density at radius 1 is 1.27 bits per heavy atom. The number of nitrogens with one attached hydrogen (secondary N) is 1. The smallest absolute Gasteiger partial charge is 0.384 e. The molecule has 0 saturated carbocycles. The standard InChI is InChI=1S/C14H12F3N3OS/c15-14(16,17)9-2-1-3-10(6-9)20-13(21)8-22-11-4-5-12(18)19-7-11/h1-7H,8H2,(H2,18,19)(H,20,21). The molecule has 0 bridgehead atoms. The fourth-order valence-corrected chi connectivity index (χ4v) is 2.26. The Morgan fingerprint density at radius 3 is 2.68 bits per heavy atom. The number of pyridine rings is 1. The maximum absolute atomic E-state index is 12.6. The van der Waals surface area contributed by atoms with Crippen LogP contribution in [0.4, 0.5) is 24.7 Å². The minimum absolute atomic E-state index is 0.0574. The van der Waals surface area contributed by atoms with E-state index in [-0.39, 0.29) is 11.4 Å². The van der Waals surface area contributed by atoms with Gasteiger partial charge >= 0.3 is 6.18 Å². The zero-order chi connectivity index (χ0) is 16.2. The molecule has 4 nitrogen and oxygen atoms in total. The molecule has 1 aromatic heterocycles. The molecule has 0 radical (unpaired) electrons. The summed E-state index contributed by atoms with van der Waals surface area (Å²) in [6.45, 7) is 0. The Labute approximate surface area is 128 Å².